The van der Waals surface area contributed by atoms with Gasteiger partial charge in [-0.1, -0.05) is 6.42 Å². The zero-order valence-electron chi connectivity index (χ0n) is 14.4. The summed E-state index contributed by atoms with van der Waals surface area (Å²) in [6.07, 6.45) is 2.24. The van der Waals surface area contributed by atoms with Crippen molar-refractivity contribution in [3.63, 3.8) is 0 Å². The van der Waals surface area contributed by atoms with Gasteiger partial charge in [0.2, 0.25) is 5.91 Å². The van der Waals surface area contributed by atoms with Crippen molar-refractivity contribution < 1.29 is 23.9 Å². The second kappa shape index (κ2) is 14.1. The highest BCUT2D eigenvalue weighted by atomic mass is 32.2. The van der Waals surface area contributed by atoms with Crippen molar-refractivity contribution in [2.75, 3.05) is 31.2 Å². The molecule has 0 spiro atoms. The summed E-state index contributed by atoms with van der Waals surface area (Å²) in [6.45, 7) is 3.80. The van der Waals surface area contributed by atoms with Crippen molar-refractivity contribution in [1.29, 1.82) is 0 Å². The zero-order chi connectivity index (χ0) is 18.4. The molecule has 140 valence electrons. The van der Waals surface area contributed by atoms with Gasteiger partial charge in [0.25, 0.3) is 0 Å². The lowest BCUT2D eigenvalue weighted by Gasteiger charge is -2.17. The van der Waals surface area contributed by atoms with Gasteiger partial charge in [0.1, 0.15) is 12.7 Å². The minimum Gasteiger partial charge on any atom is -0.462 e. The van der Waals surface area contributed by atoms with Crippen LogP contribution >= 0.6 is 11.8 Å². The van der Waals surface area contributed by atoms with Crippen molar-refractivity contribution in [2.24, 2.45) is 11.5 Å². The van der Waals surface area contributed by atoms with Crippen molar-refractivity contribution >= 4 is 29.6 Å². The zero-order valence-corrected chi connectivity index (χ0v) is 15.2. The Hall–Kier alpha value is -1.32. The number of carbonyl (C=O) groups excluding carboxylic acids is 3. The first-order valence-electron chi connectivity index (χ1n) is 7.98. The van der Waals surface area contributed by atoms with Gasteiger partial charge in [-0.25, -0.2) is 0 Å². The van der Waals surface area contributed by atoms with E-state index in [1.54, 1.807) is 0 Å². The van der Waals surface area contributed by atoms with Crippen LogP contribution in [0.1, 0.15) is 33.1 Å². The SMILES string of the molecule is CC(=O)OC[C@H](CSC[C@H](N)C(=O)NCCCCCN)OC(C)=O. The summed E-state index contributed by atoms with van der Waals surface area (Å²) in [5.41, 5.74) is 11.2. The highest BCUT2D eigenvalue weighted by molar-refractivity contribution is 7.99. The fourth-order valence-electron chi connectivity index (χ4n) is 1.75. The van der Waals surface area contributed by atoms with Crippen molar-refractivity contribution in [2.45, 2.75) is 45.3 Å². The third kappa shape index (κ3) is 13.1. The van der Waals surface area contributed by atoms with Crippen molar-refractivity contribution in [1.82, 2.24) is 5.32 Å². The quantitative estimate of drug-likeness (QED) is 0.302. The van der Waals surface area contributed by atoms with Gasteiger partial charge >= 0.3 is 11.9 Å². The van der Waals surface area contributed by atoms with E-state index in [2.05, 4.69) is 5.32 Å². The largest absolute Gasteiger partial charge is 0.462 e. The molecule has 0 saturated carbocycles. The summed E-state index contributed by atoms with van der Waals surface area (Å²) in [5.74, 6) is -0.328. The summed E-state index contributed by atoms with van der Waals surface area (Å²) in [6, 6.07) is -0.642. The van der Waals surface area contributed by atoms with E-state index in [9.17, 15) is 14.4 Å². The monoisotopic (exact) mass is 363 g/mol. The minimum absolute atomic E-state index is 0.00943. The van der Waals surface area contributed by atoms with E-state index >= 15 is 0 Å². The topological polar surface area (TPSA) is 134 Å². The maximum atomic E-state index is 11.8. The van der Waals surface area contributed by atoms with Crippen LogP contribution in [-0.2, 0) is 23.9 Å². The van der Waals surface area contributed by atoms with Crippen LogP contribution in [-0.4, -0.2) is 61.2 Å². The predicted octanol–water partition coefficient (Wildman–Crippen LogP) is -0.213. The summed E-state index contributed by atoms with van der Waals surface area (Å²) >= 11 is 1.37. The third-order valence-corrected chi connectivity index (χ3v) is 4.13. The number of hydrogen-bond acceptors (Lipinski definition) is 8. The number of ether oxygens (including phenoxy) is 2. The molecule has 9 heteroatoms. The van der Waals surface area contributed by atoms with Crippen molar-refractivity contribution in [3.05, 3.63) is 0 Å². The van der Waals surface area contributed by atoms with Gasteiger partial charge < -0.3 is 26.3 Å². The number of nitrogens with one attached hydrogen (secondary N) is 1. The fraction of sp³-hybridized carbons (Fsp3) is 0.800. The summed E-state index contributed by atoms with van der Waals surface area (Å²) in [5, 5.41) is 2.78. The summed E-state index contributed by atoms with van der Waals surface area (Å²) in [4.78, 5) is 33.7. The molecule has 0 aliphatic rings. The van der Waals surface area contributed by atoms with Crippen LogP contribution in [0, 0.1) is 0 Å². The van der Waals surface area contributed by atoms with E-state index in [1.165, 1.54) is 25.6 Å². The molecule has 1 amide bonds. The van der Waals surface area contributed by atoms with Gasteiger partial charge in [0, 0.05) is 31.9 Å². The maximum Gasteiger partial charge on any atom is 0.303 e. The normalized spacial score (nSPS) is 13.0. The average Bonchev–Trinajstić information content (AvgIpc) is 2.51. The highest BCUT2D eigenvalue weighted by Crippen LogP contribution is 2.09. The average molecular weight is 363 g/mol. The molecule has 8 nitrogen and oxygen atoms in total. The van der Waals surface area contributed by atoms with Crippen LogP contribution in [0.2, 0.25) is 0 Å². The standard InChI is InChI=1S/C15H29N3O5S/c1-11(19)22-8-13(23-12(2)20)9-24-10-14(17)15(21)18-7-5-3-4-6-16/h13-14H,3-10,16-17H2,1-2H3,(H,18,21)/t13-,14+/m1/s1. The minimum atomic E-state index is -0.642. The van der Waals surface area contributed by atoms with Gasteiger partial charge in [-0.2, -0.15) is 11.8 Å². The van der Waals surface area contributed by atoms with Crippen LogP contribution in [0.3, 0.4) is 0 Å². The molecule has 0 saturated heterocycles. The van der Waals surface area contributed by atoms with E-state index in [-0.39, 0.29) is 12.5 Å². The Kier molecular flexibility index (Phi) is 13.3. The Bertz CT molecular complexity index is 395. The van der Waals surface area contributed by atoms with Crippen molar-refractivity contribution in [3.8, 4) is 0 Å². The number of thioether (sulfide) groups is 1. The van der Waals surface area contributed by atoms with Crippen LogP contribution in [0.5, 0.6) is 0 Å². The van der Waals surface area contributed by atoms with Gasteiger partial charge in [-0.05, 0) is 19.4 Å². The van der Waals surface area contributed by atoms with Crippen LogP contribution in [0.4, 0.5) is 0 Å². The second-order valence-corrected chi connectivity index (χ2v) is 6.39. The number of rotatable bonds is 13. The Labute approximate surface area is 147 Å². The van der Waals surface area contributed by atoms with E-state index in [0.717, 1.165) is 19.3 Å². The smallest absolute Gasteiger partial charge is 0.303 e. The molecule has 0 aromatic carbocycles. The van der Waals surface area contributed by atoms with E-state index in [4.69, 9.17) is 20.9 Å². The Morgan fingerprint density at radius 3 is 2.38 bits per heavy atom. The number of unbranched alkanes of at least 4 members (excludes halogenated alkanes) is 2. The van der Waals surface area contributed by atoms with E-state index in [1.807, 2.05) is 0 Å². The molecule has 24 heavy (non-hydrogen) atoms. The van der Waals surface area contributed by atoms with Crippen LogP contribution in [0.15, 0.2) is 0 Å². The Morgan fingerprint density at radius 2 is 1.79 bits per heavy atom. The first-order valence-corrected chi connectivity index (χ1v) is 9.14. The number of nitrogens with two attached hydrogens (primary N) is 2. The number of amides is 1. The molecule has 0 fully saturated rings. The molecule has 0 aliphatic carbocycles. The summed E-state index contributed by atoms with van der Waals surface area (Å²) in [7, 11) is 0. The molecule has 0 heterocycles. The molecule has 0 unspecified atom stereocenters. The first-order chi connectivity index (χ1) is 11.4. The first kappa shape index (κ1) is 22.7. The van der Waals surface area contributed by atoms with E-state index in [0.29, 0.717) is 24.6 Å². The Morgan fingerprint density at radius 1 is 1.08 bits per heavy atom. The molecule has 0 aromatic rings. The molecule has 0 aliphatic heterocycles. The van der Waals surface area contributed by atoms with Crippen LogP contribution in [0.25, 0.3) is 0 Å². The molecule has 2 atom stereocenters. The maximum absolute atomic E-state index is 11.8. The predicted molar refractivity (Wildman–Crippen MR) is 93.4 cm³/mol. The molecule has 5 N–H and O–H groups in total. The second-order valence-electron chi connectivity index (χ2n) is 5.32. The lowest BCUT2D eigenvalue weighted by atomic mass is 10.2. The van der Waals surface area contributed by atoms with Crippen LogP contribution < -0.4 is 16.8 Å². The number of carbonyl (C=O) groups is 3. The van der Waals surface area contributed by atoms with E-state index < -0.39 is 24.1 Å². The number of hydrogen-bond donors (Lipinski definition) is 3. The summed E-state index contributed by atoms with van der Waals surface area (Å²) < 4.78 is 9.90. The van der Waals surface area contributed by atoms with Gasteiger partial charge in [-0.15, -0.1) is 0 Å². The lowest BCUT2D eigenvalue weighted by Crippen LogP contribution is -2.43. The number of esters is 2. The fourth-order valence-corrected chi connectivity index (χ4v) is 2.72. The van der Waals surface area contributed by atoms with Gasteiger partial charge in [-0.3, -0.25) is 14.4 Å². The molecule has 0 bridgehead atoms. The Balaban J connectivity index is 3.98. The molecule has 0 rings (SSSR count). The van der Waals surface area contributed by atoms with Gasteiger partial charge in [0.15, 0.2) is 0 Å². The highest BCUT2D eigenvalue weighted by Gasteiger charge is 2.17. The third-order valence-electron chi connectivity index (χ3n) is 2.92. The van der Waals surface area contributed by atoms with Gasteiger partial charge in [0.05, 0.1) is 6.04 Å². The molecule has 0 aromatic heterocycles. The lowest BCUT2D eigenvalue weighted by molar-refractivity contribution is -0.154. The molecular weight excluding hydrogens is 334 g/mol. The molecular formula is C15H29N3O5S. The molecule has 0 radical (unpaired) electrons.